The predicted molar refractivity (Wildman–Crippen MR) is 110 cm³/mol. The van der Waals surface area contributed by atoms with E-state index in [0.29, 0.717) is 13.1 Å². The van der Waals surface area contributed by atoms with Gasteiger partial charge in [-0.15, -0.1) is 0 Å². The number of rotatable bonds is 6. The van der Waals surface area contributed by atoms with Gasteiger partial charge in [0.2, 0.25) is 5.91 Å². The third-order valence-electron chi connectivity index (χ3n) is 5.21. The molecule has 2 unspecified atom stereocenters. The van der Waals surface area contributed by atoms with E-state index >= 15 is 0 Å². The van der Waals surface area contributed by atoms with Crippen LogP contribution >= 0.6 is 0 Å². The Morgan fingerprint density at radius 2 is 1.96 bits per heavy atom. The highest BCUT2D eigenvalue weighted by Crippen LogP contribution is 2.41. The molecule has 0 aromatic heterocycles. The van der Waals surface area contributed by atoms with Gasteiger partial charge in [0.05, 0.1) is 6.54 Å². The van der Waals surface area contributed by atoms with E-state index in [4.69, 9.17) is 0 Å². The van der Waals surface area contributed by atoms with Gasteiger partial charge in [-0.2, -0.15) is 0 Å². The molecule has 28 heavy (non-hydrogen) atoms. The molecule has 1 aromatic carbocycles. The average Bonchev–Trinajstić information content (AvgIpc) is 3.40. The largest absolute Gasteiger partial charge is 0.353 e. The number of piperazine rings is 1. The molecule has 1 aliphatic heterocycles. The molecule has 2 fully saturated rings. The van der Waals surface area contributed by atoms with Crippen LogP contribution in [0.5, 0.6) is 0 Å². The molecule has 1 saturated carbocycles. The molecule has 2 N–H and O–H groups in total. The number of benzene rings is 1. The summed E-state index contributed by atoms with van der Waals surface area (Å²) in [5, 5.41) is 6.47. The first kappa shape index (κ1) is 20.6. The van der Waals surface area contributed by atoms with Gasteiger partial charge in [-0.1, -0.05) is 18.2 Å². The number of carbonyl (C=O) groups excluding carboxylic acids is 1. The molecular weight excluding hydrogens is 357 g/mol. The van der Waals surface area contributed by atoms with E-state index in [-0.39, 0.29) is 29.7 Å². The molecule has 7 heteroatoms. The molecule has 6 nitrogen and oxygen atoms in total. The number of aliphatic imine (C=N–C) groups is 1. The standard InChI is InChI=1S/C21H32FN5O/c1-4-23-21(25-19-13-17(19)16-7-5-6-8-18(16)22)27-11-9-26(10-12-27)14-20(28)24-15(2)3/h5-8,15,17,19H,4,9-14H2,1-3H3,(H,23,25)(H,24,28). The fourth-order valence-electron chi connectivity index (χ4n) is 3.72. The van der Waals surface area contributed by atoms with Crippen LogP contribution in [0.4, 0.5) is 4.39 Å². The monoisotopic (exact) mass is 389 g/mol. The van der Waals surface area contributed by atoms with Crippen molar-refractivity contribution in [3.8, 4) is 0 Å². The van der Waals surface area contributed by atoms with Crippen molar-refractivity contribution in [2.45, 2.75) is 45.2 Å². The highest BCUT2D eigenvalue weighted by molar-refractivity contribution is 5.81. The number of nitrogens with zero attached hydrogens (tertiary/aromatic N) is 3. The van der Waals surface area contributed by atoms with Crippen LogP contribution in [0.25, 0.3) is 0 Å². The first-order valence-corrected chi connectivity index (χ1v) is 10.3. The van der Waals surface area contributed by atoms with Gasteiger partial charge in [-0.3, -0.25) is 14.7 Å². The van der Waals surface area contributed by atoms with E-state index in [0.717, 1.165) is 44.1 Å². The minimum Gasteiger partial charge on any atom is -0.353 e. The molecule has 1 aliphatic carbocycles. The second-order valence-corrected chi connectivity index (χ2v) is 7.90. The Bertz CT molecular complexity index is 700. The van der Waals surface area contributed by atoms with E-state index in [2.05, 4.69) is 25.4 Å². The van der Waals surface area contributed by atoms with E-state index in [1.807, 2.05) is 32.9 Å². The maximum absolute atomic E-state index is 14.0. The zero-order valence-corrected chi connectivity index (χ0v) is 17.1. The van der Waals surface area contributed by atoms with E-state index in [1.54, 1.807) is 6.07 Å². The zero-order valence-electron chi connectivity index (χ0n) is 17.1. The van der Waals surface area contributed by atoms with Gasteiger partial charge in [0.25, 0.3) is 0 Å². The Labute approximate surface area is 167 Å². The number of amides is 1. The van der Waals surface area contributed by atoms with Gasteiger partial charge in [0.15, 0.2) is 5.96 Å². The molecule has 1 saturated heterocycles. The lowest BCUT2D eigenvalue weighted by Crippen LogP contribution is -2.54. The molecule has 0 bridgehead atoms. The van der Waals surface area contributed by atoms with Gasteiger partial charge in [0, 0.05) is 50.7 Å². The maximum atomic E-state index is 14.0. The van der Waals surface area contributed by atoms with Crippen molar-refractivity contribution in [3.05, 3.63) is 35.6 Å². The highest BCUT2D eigenvalue weighted by Gasteiger charge is 2.41. The Morgan fingerprint density at radius 1 is 1.25 bits per heavy atom. The lowest BCUT2D eigenvalue weighted by molar-refractivity contribution is -0.123. The van der Waals surface area contributed by atoms with Crippen LogP contribution in [-0.2, 0) is 4.79 Å². The van der Waals surface area contributed by atoms with E-state index < -0.39 is 0 Å². The molecular formula is C21H32FN5O. The topological polar surface area (TPSA) is 60.0 Å². The van der Waals surface area contributed by atoms with Crippen LogP contribution in [0.15, 0.2) is 29.3 Å². The second kappa shape index (κ2) is 9.37. The van der Waals surface area contributed by atoms with Crippen molar-refractivity contribution in [3.63, 3.8) is 0 Å². The summed E-state index contributed by atoms with van der Waals surface area (Å²) in [6.07, 6.45) is 0.930. The quantitative estimate of drug-likeness (QED) is 0.575. The average molecular weight is 390 g/mol. The molecule has 0 spiro atoms. The first-order chi connectivity index (χ1) is 13.5. The van der Waals surface area contributed by atoms with Crippen molar-refractivity contribution in [1.29, 1.82) is 0 Å². The van der Waals surface area contributed by atoms with Crippen LogP contribution in [0.2, 0.25) is 0 Å². The number of hydrogen-bond donors (Lipinski definition) is 2. The molecule has 1 aromatic rings. The summed E-state index contributed by atoms with van der Waals surface area (Å²) in [5.41, 5.74) is 0.789. The molecule has 1 amide bonds. The van der Waals surface area contributed by atoms with Crippen LogP contribution in [0.3, 0.4) is 0 Å². The summed E-state index contributed by atoms with van der Waals surface area (Å²) in [7, 11) is 0. The lowest BCUT2D eigenvalue weighted by atomic mass is 10.1. The second-order valence-electron chi connectivity index (χ2n) is 7.90. The van der Waals surface area contributed by atoms with Crippen molar-refractivity contribution in [2.75, 3.05) is 39.3 Å². The Balaban J connectivity index is 1.50. The normalized spacial score (nSPS) is 23.0. The van der Waals surface area contributed by atoms with Crippen LogP contribution in [0, 0.1) is 5.82 Å². The fraction of sp³-hybridized carbons (Fsp3) is 0.619. The van der Waals surface area contributed by atoms with Gasteiger partial charge >= 0.3 is 0 Å². The third-order valence-corrected chi connectivity index (χ3v) is 5.21. The third kappa shape index (κ3) is 5.44. The van der Waals surface area contributed by atoms with E-state index in [9.17, 15) is 9.18 Å². The smallest absolute Gasteiger partial charge is 0.234 e. The van der Waals surface area contributed by atoms with Crippen molar-refractivity contribution in [2.24, 2.45) is 4.99 Å². The minimum atomic E-state index is -0.126. The molecule has 2 aliphatic rings. The van der Waals surface area contributed by atoms with E-state index in [1.165, 1.54) is 6.07 Å². The molecule has 1 heterocycles. The number of hydrogen-bond acceptors (Lipinski definition) is 3. The van der Waals surface area contributed by atoms with Gasteiger partial charge in [-0.05, 0) is 38.8 Å². The zero-order chi connectivity index (χ0) is 20.1. The van der Waals surface area contributed by atoms with Crippen LogP contribution < -0.4 is 10.6 Å². The highest BCUT2D eigenvalue weighted by atomic mass is 19.1. The Kier molecular flexibility index (Phi) is 6.88. The van der Waals surface area contributed by atoms with Gasteiger partial charge < -0.3 is 15.5 Å². The number of halogens is 1. The molecule has 0 radical (unpaired) electrons. The molecule has 3 rings (SSSR count). The summed E-state index contributed by atoms with van der Waals surface area (Å²) < 4.78 is 14.0. The lowest BCUT2D eigenvalue weighted by Gasteiger charge is -2.36. The van der Waals surface area contributed by atoms with Gasteiger partial charge in [-0.25, -0.2) is 4.39 Å². The van der Waals surface area contributed by atoms with Crippen LogP contribution in [-0.4, -0.2) is 73.0 Å². The fourth-order valence-corrected chi connectivity index (χ4v) is 3.72. The Morgan fingerprint density at radius 3 is 2.61 bits per heavy atom. The summed E-state index contributed by atoms with van der Waals surface area (Å²) in [6.45, 7) is 10.4. The number of nitrogens with one attached hydrogen (secondary N) is 2. The molecule has 2 atom stereocenters. The van der Waals surface area contributed by atoms with Crippen molar-refractivity contribution >= 4 is 11.9 Å². The summed E-state index contributed by atoms with van der Waals surface area (Å²) in [5.74, 6) is 1.07. The maximum Gasteiger partial charge on any atom is 0.234 e. The SMILES string of the molecule is CCN=C(NC1CC1c1ccccc1F)N1CCN(CC(=O)NC(C)C)CC1. The number of carbonyl (C=O) groups is 1. The number of guanidine groups is 1. The summed E-state index contributed by atoms with van der Waals surface area (Å²) in [6, 6.07) is 7.43. The Hall–Kier alpha value is -2.15. The summed E-state index contributed by atoms with van der Waals surface area (Å²) >= 11 is 0. The first-order valence-electron chi connectivity index (χ1n) is 10.3. The van der Waals surface area contributed by atoms with Gasteiger partial charge in [0.1, 0.15) is 5.82 Å². The minimum absolute atomic E-state index is 0.0785. The van der Waals surface area contributed by atoms with Crippen molar-refractivity contribution in [1.82, 2.24) is 20.4 Å². The van der Waals surface area contributed by atoms with Crippen molar-refractivity contribution < 1.29 is 9.18 Å². The molecule has 154 valence electrons. The summed E-state index contributed by atoms with van der Waals surface area (Å²) in [4.78, 5) is 21.0. The predicted octanol–water partition coefficient (Wildman–Crippen LogP) is 1.79. The van der Waals surface area contributed by atoms with Crippen LogP contribution in [0.1, 0.15) is 38.7 Å².